The van der Waals surface area contributed by atoms with Gasteiger partial charge in [0.15, 0.2) is 0 Å². The molecule has 20 heavy (non-hydrogen) atoms. The summed E-state index contributed by atoms with van der Waals surface area (Å²) in [5.41, 5.74) is 5.13. The second-order valence-electron chi connectivity index (χ2n) is 4.98. The molecule has 1 unspecified atom stereocenters. The molecular weight excluding hydrogens is 348 g/mol. The molecule has 1 aliphatic heterocycles. The molecule has 0 aromatic heterocycles. The third-order valence-electron chi connectivity index (χ3n) is 3.40. The highest BCUT2D eigenvalue weighted by molar-refractivity contribution is 9.10. The van der Waals surface area contributed by atoms with Crippen LogP contribution in [0.15, 0.2) is 27.6 Å². The van der Waals surface area contributed by atoms with E-state index in [0.29, 0.717) is 4.47 Å². The molecule has 0 aliphatic carbocycles. The highest BCUT2D eigenvalue weighted by Crippen LogP contribution is 2.30. The summed E-state index contributed by atoms with van der Waals surface area (Å²) in [7, 11) is -3.75. The second kappa shape index (κ2) is 5.10. The van der Waals surface area contributed by atoms with Crippen molar-refractivity contribution in [2.75, 3.05) is 13.1 Å². The standard InChI is InChI=1S/C12H15BrN2O4S/c1-8-2-3-10(9(13)6-8)20(18,19)15-5-4-12(14,7-15)11(16)17/h2-3,6H,4-5,7,14H2,1H3,(H,16,17). The Morgan fingerprint density at radius 3 is 2.65 bits per heavy atom. The van der Waals surface area contributed by atoms with Crippen LogP contribution in [0, 0.1) is 6.92 Å². The van der Waals surface area contributed by atoms with E-state index in [1.165, 1.54) is 6.07 Å². The molecule has 8 heteroatoms. The van der Waals surface area contributed by atoms with Crippen molar-refractivity contribution < 1.29 is 18.3 Å². The topological polar surface area (TPSA) is 101 Å². The Labute approximate surface area is 125 Å². The minimum Gasteiger partial charge on any atom is -0.480 e. The average molecular weight is 363 g/mol. The predicted molar refractivity (Wildman–Crippen MR) is 76.8 cm³/mol. The molecule has 1 aromatic carbocycles. The monoisotopic (exact) mass is 362 g/mol. The Hall–Kier alpha value is -0.960. The minimum atomic E-state index is -3.75. The maximum absolute atomic E-state index is 12.5. The van der Waals surface area contributed by atoms with Crippen LogP contribution in [-0.4, -0.2) is 42.4 Å². The SMILES string of the molecule is Cc1ccc(S(=O)(=O)N2CCC(N)(C(=O)O)C2)c(Br)c1. The van der Waals surface area contributed by atoms with Gasteiger partial charge in [-0.05, 0) is 47.0 Å². The third kappa shape index (κ3) is 2.60. The zero-order valence-corrected chi connectivity index (χ0v) is 13.2. The van der Waals surface area contributed by atoms with Crippen LogP contribution in [0.4, 0.5) is 0 Å². The number of hydrogen-bond donors (Lipinski definition) is 2. The van der Waals surface area contributed by atoms with Gasteiger partial charge in [0.25, 0.3) is 0 Å². The first-order chi connectivity index (χ1) is 9.17. The molecule has 0 bridgehead atoms. The molecule has 2 rings (SSSR count). The van der Waals surface area contributed by atoms with Gasteiger partial charge in [-0.25, -0.2) is 8.42 Å². The normalized spacial score (nSPS) is 23.9. The molecule has 1 aliphatic rings. The molecule has 1 fully saturated rings. The van der Waals surface area contributed by atoms with Crippen LogP contribution in [0.5, 0.6) is 0 Å². The van der Waals surface area contributed by atoms with Gasteiger partial charge in [0.1, 0.15) is 5.54 Å². The summed E-state index contributed by atoms with van der Waals surface area (Å²) in [5.74, 6) is -1.18. The molecule has 0 amide bonds. The fourth-order valence-electron chi connectivity index (χ4n) is 2.13. The van der Waals surface area contributed by atoms with Gasteiger partial charge in [-0.15, -0.1) is 0 Å². The lowest BCUT2D eigenvalue weighted by molar-refractivity contribution is -0.142. The number of carbonyl (C=O) groups is 1. The number of nitrogens with zero attached hydrogens (tertiary/aromatic N) is 1. The van der Waals surface area contributed by atoms with E-state index in [-0.39, 0.29) is 24.4 Å². The number of carboxylic acid groups (broad SMARTS) is 1. The smallest absolute Gasteiger partial charge is 0.325 e. The van der Waals surface area contributed by atoms with Crippen molar-refractivity contribution in [3.05, 3.63) is 28.2 Å². The van der Waals surface area contributed by atoms with Crippen LogP contribution in [0.1, 0.15) is 12.0 Å². The predicted octanol–water partition coefficient (Wildman–Crippen LogP) is 0.934. The number of hydrogen-bond acceptors (Lipinski definition) is 4. The van der Waals surface area contributed by atoms with E-state index in [2.05, 4.69) is 15.9 Å². The Kier molecular flexibility index (Phi) is 3.94. The van der Waals surface area contributed by atoms with Crippen LogP contribution in [0.2, 0.25) is 0 Å². The van der Waals surface area contributed by atoms with E-state index in [0.717, 1.165) is 9.87 Å². The number of sulfonamides is 1. The Balaban J connectivity index is 2.35. The number of nitrogens with two attached hydrogens (primary N) is 1. The maximum atomic E-state index is 12.5. The highest BCUT2D eigenvalue weighted by Gasteiger charge is 2.45. The lowest BCUT2D eigenvalue weighted by Gasteiger charge is -2.20. The van der Waals surface area contributed by atoms with E-state index in [4.69, 9.17) is 10.8 Å². The zero-order valence-electron chi connectivity index (χ0n) is 10.8. The minimum absolute atomic E-state index is 0.102. The number of carboxylic acids is 1. The van der Waals surface area contributed by atoms with E-state index < -0.39 is 21.5 Å². The number of rotatable bonds is 3. The Morgan fingerprint density at radius 2 is 2.15 bits per heavy atom. The molecular formula is C12H15BrN2O4S. The van der Waals surface area contributed by atoms with Crippen molar-refractivity contribution >= 4 is 31.9 Å². The molecule has 0 radical (unpaired) electrons. The van der Waals surface area contributed by atoms with E-state index in [1.807, 2.05) is 6.92 Å². The summed E-state index contributed by atoms with van der Waals surface area (Å²) in [4.78, 5) is 11.2. The maximum Gasteiger partial charge on any atom is 0.325 e. The van der Waals surface area contributed by atoms with Gasteiger partial charge in [0.2, 0.25) is 10.0 Å². The van der Waals surface area contributed by atoms with Gasteiger partial charge in [-0.2, -0.15) is 4.31 Å². The van der Waals surface area contributed by atoms with Crippen molar-refractivity contribution in [3.8, 4) is 0 Å². The largest absolute Gasteiger partial charge is 0.480 e. The molecule has 110 valence electrons. The third-order valence-corrected chi connectivity index (χ3v) is 6.22. The number of aliphatic carboxylic acids is 1. The molecule has 1 saturated heterocycles. The van der Waals surface area contributed by atoms with Gasteiger partial charge in [-0.1, -0.05) is 6.07 Å². The van der Waals surface area contributed by atoms with Crippen molar-refractivity contribution in [2.45, 2.75) is 23.8 Å². The van der Waals surface area contributed by atoms with Crippen molar-refractivity contribution in [3.63, 3.8) is 0 Å². The van der Waals surface area contributed by atoms with Crippen molar-refractivity contribution in [1.82, 2.24) is 4.31 Å². The quantitative estimate of drug-likeness (QED) is 0.832. The zero-order chi connectivity index (χ0) is 15.1. The highest BCUT2D eigenvalue weighted by atomic mass is 79.9. The van der Waals surface area contributed by atoms with E-state index in [1.54, 1.807) is 12.1 Å². The van der Waals surface area contributed by atoms with E-state index >= 15 is 0 Å². The van der Waals surface area contributed by atoms with Crippen LogP contribution in [-0.2, 0) is 14.8 Å². The number of halogens is 1. The first-order valence-corrected chi connectivity index (χ1v) is 8.19. The summed E-state index contributed by atoms with van der Waals surface area (Å²) in [6, 6.07) is 4.91. The lowest BCUT2D eigenvalue weighted by atomic mass is 10.0. The van der Waals surface area contributed by atoms with Crippen LogP contribution in [0.25, 0.3) is 0 Å². The van der Waals surface area contributed by atoms with Crippen molar-refractivity contribution in [1.29, 1.82) is 0 Å². The molecule has 1 heterocycles. The van der Waals surface area contributed by atoms with Crippen LogP contribution >= 0.6 is 15.9 Å². The van der Waals surface area contributed by atoms with Gasteiger partial charge < -0.3 is 10.8 Å². The summed E-state index contributed by atoms with van der Waals surface area (Å²) in [5, 5.41) is 9.06. The lowest BCUT2D eigenvalue weighted by Crippen LogP contribution is -2.50. The Morgan fingerprint density at radius 1 is 1.50 bits per heavy atom. The van der Waals surface area contributed by atoms with Gasteiger partial charge in [-0.3, -0.25) is 4.79 Å². The summed E-state index contributed by atoms with van der Waals surface area (Å²) < 4.78 is 26.6. The van der Waals surface area contributed by atoms with Gasteiger partial charge >= 0.3 is 5.97 Å². The molecule has 0 saturated carbocycles. The average Bonchev–Trinajstić information content (AvgIpc) is 2.73. The molecule has 3 N–H and O–H groups in total. The molecule has 1 aromatic rings. The summed E-state index contributed by atoms with van der Waals surface area (Å²) in [6.45, 7) is 1.74. The fraction of sp³-hybridized carbons (Fsp3) is 0.417. The summed E-state index contributed by atoms with van der Waals surface area (Å²) in [6.07, 6.45) is 0.102. The fourth-order valence-corrected chi connectivity index (χ4v) is 4.79. The summed E-state index contributed by atoms with van der Waals surface area (Å²) >= 11 is 3.23. The Bertz CT molecular complexity index is 661. The first-order valence-electron chi connectivity index (χ1n) is 5.95. The van der Waals surface area contributed by atoms with Crippen LogP contribution in [0.3, 0.4) is 0 Å². The van der Waals surface area contributed by atoms with Gasteiger partial charge in [0, 0.05) is 17.6 Å². The number of benzene rings is 1. The van der Waals surface area contributed by atoms with Gasteiger partial charge in [0.05, 0.1) is 4.90 Å². The molecule has 1 atom stereocenters. The van der Waals surface area contributed by atoms with Crippen molar-refractivity contribution in [2.24, 2.45) is 5.73 Å². The van der Waals surface area contributed by atoms with Crippen LogP contribution < -0.4 is 5.73 Å². The van der Waals surface area contributed by atoms with E-state index in [9.17, 15) is 13.2 Å². The molecule has 0 spiro atoms. The first kappa shape index (κ1) is 15.4. The molecule has 6 nitrogen and oxygen atoms in total. The second-order valence-corrected chi connectivity index (χ2v) is 7.74. The number of aryl methyl sites for hydroxylation is 1.